The number of carbonyl (C=O) groups excluding carboxylic acids is 1. The SMILES string of the molecule is CCCCc1ccc(NC(=O)CCn2cnc3c(cnn3C(C)(C)C)c2=O)cc1. The lowest BCUT2D eigenvalue weighted by Gasteiger charge is -2.19. The van der Waals surface area contributed by atoms with Crippen LogP contribution in [-0.2, 0) is 23.3 Å². The number of benzene rings is 1. The van der Waals surface area contributed by atoms with E-state index in [1.807, 2.05) is 45.0 Å². The molecule has 0 unspecified atom stereocenters. The van der Waals surface area contributed by atoms with Crippen molar-refractivity contribution in [3.8, 4) is 0 Å². The number of aromatic nitrogens is 4. The smallest absolute Gasteiger partial charge is 0.264 e. The first-order valence-corrected chi connectivity index (χ1v) is 10.1. The number of carbonyl (C=O) groups is 1. The highest BCUT2D eigenvalue weighted by Crippen LogP contribution is 2.17. The van der Waals surface area contributed by atoms with Crippen LogP contribution < -0.4 is 10.9 Å². The predicted octanol–water partition coefficient (Wildman–Crippen LogP) is 3.72. The number of aryl methyl sites for hydroxylation is 2. The molecule has 0 saturated heterocycles. The van der Waals surface area contributed by atoms with Gasteiger partial charge in [0.2, 0.25) is 5.91 Å². The van der Waals surface area contributed by atoms with Gasteiger partial charge in [0.15, 0.2) is 5.65 Å². The van der Waals surface area contributed by atoms with Gasteiger partial charge in [-0.2, -0.15) is 5.10 Å². The summed E-state index contributed by atoms with van der Waals surface area (Å²) >= 11 is 0. The van der Waals surface area contributed by atoms with Crippen molar-refractivity contribution in [3.63, 3.8) is 0 Å². The van der Waals surface area contributed by atoms with Crippen LogP contribution in [0.2, 0.25) is 0 Å². The minimum Gasteiger partial charge on any atom is -0.326 e. The molecule has 7 nitrogen and oxygen atoms in total. The summed E-state index contributed by atoms with van der Waals surface area (Å²) in [5.41, 5.74) is 2.15. The van der Waals surface area contributed by atoms with Gasteiger partial charge in [-0.15, -0.1) is 0 Å². The van der Waals surface area contributed by atoms with Gasteiger partial charge in [-0.25, -0.2) is 9.67 Å². The Labute approximate surface area is 170 Å². The van der Waals surface area contributed by atoms with Gasteiger partial charge in [-0.05, 0) is 51.3 Å². The molecule has 2 aromatic heterocycles. The summed E-state index contributed by atoms with van der Waals surface area (Å²) in [5, 5.41) is 7.66. The fraction of sp³-hybridized carbons (Fsp3) is 0.455. The van der Waals surface area contributed by atoms with Crippen molar-refractivity contribution in [2.75, 3.05) is 5.32 Å². The van der Waals surface area contributed by atoms with E-state index in [1.54, 1.807) is 10.9 Å². The van der Waals surface area contributed by atoms with Crippen LogP contribution in [0.1, 0.15) is 52.5 Å². The van der Waals surface area contributed by atoms with Gasteiger partial charge in [0.05, 0.1) is 18.1 Å². The number of unbranched alkanes of at least 4 members (excludes halogenated alkanes) is 1. The summed E-state index contributed by atoms with van der Waals surface area (Å²) in [4.78, 5) is 29.4. The molecular weight excluding hydrogens is 366 g/mol. The standard InChI is InChI=1S/C22H29N5O2/c1-5-6-7-16-8-10-17(11-9-16)25-19(28)12-13-26-15-23-20-18(21(26)29)14-24-27(20)22(2,3)4/h8-11,14-15H,5-7,12-13H2,1-4H3,(H,25,28). The van der Waals surface area contributed by atoms with E-state index in [9.17, 15) is 9.59 Å². The van der Waals surface area contributed by atoms with E-state index in [2.05, 4.69) is 22.3 Å². The third kappa shape index (κ3) is 4.91. The van der Waals surface area contributed by atoms with Gasteiger partial charge in [0.1, 0.15) is 5.39 Å². The third-order valence-corrected chi connectivity index (χ3v) is 4.83. The number of rotatable bonds is 7. The van der Waals surface area contributed by atoms with E-state index in [-0.39, 0.29) is 30.0 Å². The van der Waals surface area contributed by atoms with E-state index < -0.39 is 0 Å². The van der Waals surface area contributed by atoms with Crippen molar-refractivity contribution in [1.29, 1.82) is 0 Å². The second-order valence-electron chi connectivity index (χ2n) is 8.31. The maximum atomic E-state index is 12.7. The van der Waals surface area contributed by atoms with Gasteiger partial charge in [-0.3, -0.25) is 14.2 Å². The van der Waals surface area contributed by atoms with Crippen LogP contribution in [0.4, 0.5) is 5.69 Å². The predicted molar refractivity (Wildman–Crippen MR) is 115 cm³/mol. The summed E-state index contributed by atoms with van der Waals surface area (Å²) < 4.78 is 3.20. The quantitative estimate of drug-likeness (QED) is 0.661. The lowest BCUT2D eigenvalue weighted by molar-refractivity contribution is -0.116. The number of nitrogens with one attached hydrogen (secondary N) is 1. The van der Waals surface area contributed by atoms with Crippen LogP contribution in [0.15, 0.2) is 41.6 Å². The second-order valence-corrected chi connectivity index (χ2v) is 8.31. The van der Waals surface area contributed by atoms with E-state index in [4.69, 9.17) is 0 Å². The molecule has 0 spiro atoms. The molecule has 1 aromatic carbocycles. The normalized spacial score (nSPS) is 11.7. The van der Waals surface area contributed by atoms with Gasteiger partial charge in [0.25, 0.3) is 5.56 Å². The number of fused-ring (bicyclic) bond motifs is 1. The van der Waals surface area contributed by atoms with Crippen molar-refractivity contribution in [2.24, 2.45) is 0 Å². The molecule has 0 aliphatic carbocycles. The molecule has 29 heavy (non-hydrogen) atoms. The molecular formula is C22H29N5O2. The Morgan fingerprint density at radius 2 is 1.90 bits per heavy atom. The molecule has 0 bridgehead atoms. The van der Waals surface area contributed by atoms with Crippen LogP contribution >= 0.6 is 0 Å². The zero-order valence-corrected chi connectivity index (χ0v) is 17.6. The molecule has 3 rings (SSSR count). The molecule has 0 fully saturated rings. The van der Waals surface area contributed by atoms with Gasteiger partial charge >= 0.3 is 0 Å². The minimum absolute atomic E-state index is 0.135. The highest BCUT2D eigenvalue weighted by Gasteiger charge is 2.19. The van der Waals surface area contributed by atoms with Crippen LogP contribution in [0.5, 0.6) is 0 Å². The van der Waals surface area contributed by atoms with Crippen LogP contribution in [0, 0.1) is 0 Å². The minimum atomic E-state index is -0.265. The molecule has 0 aliphatic heterocycles. The van der Waals surface area contributed by atoms with Gasteiger partial charge in [-0.1, -0.05) is 25.5 Å². The lowest BCUT2D eigenvalue weighted by atomic mass is 10.1. The Bertz CT molecular complexity index is 1040. The number of anilines is 1. The lowest BCUT2D eigenvalue weighted by Crippen LogP contribution is -2.26. The molecule has 0 saturated carbocycles. The topological polar surface area (TPSA) is 81.8 Å². The highest BCUT2D eigenvalue weighted by molar-refractivity contribution is 5.90. The molecule has 1 N–H and O–H groups in total. The second kappa shape index (κ2) is 8.59. The van der Waals surface area contributed by atoms with Crippen molar-refractivity contribution in [2.45, 2.75) is 65.5 Å². The summed E-state index contributed by atoms with van der Waals surface area (Å²) in [6, 6.07) is 7.92. The van der Waals surface area contributed by atoms with Gasteiger partial charge < -0.3 is 5.32 Å². The first-order valence-electron chi connectivity index (χ1n) is 10.1. The molecule has 0 aliphatic rings. The van der Waals surface area contributed by atoms with E-state index >= 15 is 0 Å². The maximum absolute atomic E-state index is 12.7. The van der Waals surface area contributed by atoms with Crippen LogP contribution in [0.25, 0.3) is 11.0 Å². The molecule has 7 heteroatoms. The van der Waals surface area contributed by atoms with E-state index in [0.29, 0.717) is 11.0 Å². The zero-order valence-electron chi connectivity index (χ0n) is 17.6. The summed E-state index contributed by atoms with van der Waals surface area (Å²) in [7, 11) is 0. The Kier molecular flexibility index (Phi) is 6.15. The largest absolute Gasteiger partial charge is 0.326 e. The number of hydrogen-bond donors (Lipinski definition) is 1. The highest BCUT2D eigenvalue weighted by atomic mass is 16.2. The molecule has 1 amide bonds. The molecule has 0 radical (unpaired) electrons. The number of hydrogen-bond acceptors (Lipinski definition) is 4. The van der Waals surface area contributed by atoms with E-state index in [1.165, 1.54) is 16.5 Å². The molecule has 2 heterocycles. The molecule has 3 aromatic rings. The Morgan fingerprint density at radius 3 is 2.55 bits per heavy atom. The average molecular weight is 396 g/mol. The first-order chi connectivity index (χ1) is 13.8. The third-order valence-electron chi connectivity index (χ3n) is 4.83. The average Bonchev–Trinajstić information content (AvgIpc) is 3.12. The zero-order chi connectivity index (χ0) is 21.0. The Balaban J connectivity index is 1.63. The maximum Gasteiger partial charge on any atom is 0.264 e. The first kappa shape index (κ1) is 20.8. The summed E-state index contributed by atoms with van der Waals surface area (Å²) in [5.74, 6) is -0.135. The Morgan fingerprint density at radius 1 is 1.17 bits per heavy atom. The Hall–Kier alpha value is -2.96. The molecule has 0 atom stereocenters. The molecule has 154 valence electrons. The summed E-state index contributed by atoms with van der Waals surface area (Å²) in [6.45, 7) is 8.46. The fourth-order valence-electron chi connectivity index (χ4n) is 3.18. The fourth-order valence-corrected chi connectivity index (χ4v) is 3.18. The number of amides is 1. The monoisotopic (exact) mass is 395 g/mol. The van der Waals surface area contributed by atoms with Crippen LogP contribution in [0.3, 0.4) is 0 Å². The van der Waals surface area contributed by atoms with Crippen molar-refractivity contribution in [1.82, 2.24) is 19.3 Å². The van der Waals surface area contributed by atoms with Crippen LogP contribution in [-0.4, -0.2) is 25.2 Å². The van der Waals surface area contributed by atoms with Crippen molar-refractivity contribution >= 4 is 22.6 Å². The van der Waals surface area contributed by atoms with Crippen molar-refractivity contribution < 1.29 is 4.79 Å². The van der Waals surface area contributed by atoms with Gasteiger partial charge in [0, 0.05) is 18.7 Å². The summed E-state index contributed by atoms with van der Waals surface area (Å²) in [6.07, 6.45) is 6.60. The number of nitrogens with zero attached hydrogens (tertiary/aromatic N) is 4. The van der Waals surface area contributed by atoms with E-state index in [0.717, 1.165) is 24.9 Å². The van der Waals surface area contributed by atoms with Crippen molar-refractivity contribution in [3.05, 3.63) is 52.7 Å².